The summed E-state index contributed by atoms with van der Waals surface area (Å²) in [4.78, 5) is 8.91. The van der Waals surface area contributed by atoms with E-state index in [1.54, 1.807) is 24.4 Å². The Morgan fingerprint density at radius 2 is 1.50 bits per heavy atom. The zero-order chi connectivity index (χ0) is 28.3. The van der Waals surface area contributed by atoms with Crippen molar-refractivity contribution < 1.29 is 29.6 Å². The van der Waals surface area contributed by atoms with Crippen molar-refractivity contribution in [1.82, 2.24) is 14.5 Å². The van der Waals surface area contributed by atoms with Crippen LogP contribution in [0.1, 0.15) is 11.1 Å². The number of halogens is 1. The van der Waals surface area contributed by atoms with Gasteiger partial charge in [-0.2, -0.15) is 0 Å². The number of rotatable bonds is 3. The number of phenolic OH excluding ortho intramolecular Hbond substituents is 1. The smallest absolute Gasteiger partial charge is 0.148 e. The third-order valence-corrected chi connectivity index (χ3v) is 6.95. The summed E-state index contributed by atoms with van der Waals surface area (Å²) in [6.45, 7) is 4.12. The van der Waals surface area contributed by atoms with E-state index < -0.39 is 0 Å². The second kappa shape index (κ2) is 12.5. The van der Waals surface area contributed by atoms with E-state index in [4.69, 9.17) is 0 Å². The van der Waals surface area contributed by atoms with Crippen LogP contribution in [-0.4, -0.2) is 19.6 Å². The number of aromatic hydroxyl groups is 1. The maximum atomic E-state index is 13.5. The summed E-state index contributed by atoms with van der Waals surface area (Å²) in [5.41, 5.74) is 5.95. The number of hydrogen-bond donors (Lipinski definition) is 1. The zero-order valence-electron chi connectivity index (χ0n) is 23.0. The number of aryl methyl sites for hydroxylation is 2. The summed E-state index contributed by atoms with van der Waals surface area (Å²) in [7, 11) is 0. The number of nitrogens with zero attached hydrogens (tertiary/aromatic N) is 3. The fourth-order valence-corrected chi connectivity index (χ4v) is 5.17. The van der Waals surface area contributed by atoms with Crippen LogP contribution >= 0.6 is 0 Å². The van der Waals surface area contributed by atoms with Gasteiger partial charge in [0.1, 0.15) is 17.4 Å². The fraction of sp³-hybridized carbons (Fsp3) is 0.0556. The molecule has 0 saturated carbocycles. The van der Waals surface area contributed by atoms with Gasteiger partial charge in [-0.25, -0.2) is 9.37 Å². The van der Waals surface area contributed by atoms with E-state index in [0.717, 1.165) is 55.4 Å². The summed E-state index contributed by atoms with van der Waals surface area (Å²) in [6.07, 6.45) is 5.43. The molecule has 1 radical (unpaired) electrons. The van der Waals surface area contributed by atoms with Gasteiger partial charge >= 0.3 is 0 Å². The van der Waals surface area contributed by atoms with Crippen LogP contribution in [0.4, 0.5) is 4.39 Å². The van der Waals surface area contributed by atoms with Gasteiger partial charge in [-0.3, -0.25) is 4.57 Å². The van der Waals surface area contributed by atoms with Gasteiger partial charge in [-0.05, 0) is 69.7 Å². The Morgan fingerprint density at radius 1 is 0.738 bits per heavy atom. The molecular formula is C36H27FIrN3O-. The quantitative estimate of drug-likeness (QED) is 0.146. The molecule has 0 unspecified atom stereocenters. The van der Waals surface area contributed by atoms with E-state index in [0.29, 0.717) is 0 Å². The van der Waals surface area contributed by atoms with Crippen LogP contribution in [0, 0.1) is 25.7 Å². The zero-order valence-corrected chi connectivity index (χ0v) is 25.4. The van der Waals surface area contributed by atoms with Crippen molar-refractivity contribution in [2.75, 3.05) is 0 Å². The minimum Gasteiger partial charge on any atom is -0.507 e. The number of phenols is 1. The first kappa shape index (κ1) is 28.9. The van der Waals surface area contributed by atoms with Crippen molar-refractivity contribution in [2.45, 2.75) is 13.8 Å². The van der Waals surface area contributed by atoms with Crippen molar-refractivity contribution in [3.63, 3.8) is 0 Å². The summed E-state index contributed by atoms with van der Waals surface area (Å²) in [6, 6.07) is 35.6. The molecule has 0 spiro atoms. The summed E-state index contributed by atoms with van der Waals surface area (Å²) in [5.74, 6) is 0.758. The van der Waals surface area contributed by atoms with Crippen molar-refractivity contribution >= 4 is 21.5 Å². The van der Waals surface area contributed by atoms with Crippen LogP contribution < -0.4 is 0 Å². The first-order valence-corrected chi connectivity index (χ1v) is 13.3. The van der Waals surface area contributed by atoms with Crippen molar-refractivity contribution in [3.05, 3.63) is 145 Å². The number of para-hydroxylation sites is 2. The standard InChI is InChI=1S/C21H15FN.C15H12N2O.Ir/c1-13-9-14(2)11-16(10-13)21-20-5-3-15-12-17(22)4-6-18(15)19(20)7-8-23-21;18-14-9-5-4-8-13(14)15-16-10-11-17(15)12-6-2-1-3-7-12;/h3-10,12H,1-2H3;1-11,18H;/q-1;;. The largest absolute Gasteiger partial charge is 0.507 e. The van der Waals surface area contributed by atoms with Crippen molar-refractivity contribution in [3.8, 4) is 34.1 Å². The van der Waals surface area contributed by atoms with Gasteiger partial charge in [0.15, 0.2) is 0 Å². The normalized spacial score (nSPS) is 10.6. The Kier molecular flexibility index (Phi) is 8.58. The molecule has 1 N–H and O–H groups in total. The van der Waals surface area contributed by atoms with E-state index in [1.807, 2.05) is 90.6 Å². The van der Waals surface area contributed by atoms with Gasteiger partial charge in [-0.1, -0.05) is 62.4 Å². The van der Waals surface area contributed by atoms with E-state index in [1.165, 1.54) is 11.6 Å². The summed E-state index contributed by atoms with van der Waals surface area (Å²) >= 11 is 0. The molecule has 0 bridgehead atoms. The number of pyridine rings is 1. The number of benzene rings is 5. The minimum atomic E-state index is -0.214. The first-order valence-electron chi connectivity index (χ1n) is 13.3. The molecule has 0 atom stereocenters. The Morgan fingerprint density at radius 3 is 2.29 bits per heavy atom. The van der Waals surface area contributed by atoms with E-state index >= 15 is 0 Å². The molecule has 0 aliphatic rings. The van der Waals surface area contributed by atoms with E-state index in [-0.39, 0.29) is 31.7 Å². The number of hydrogen-bond acceptors (Lipinski definition) is 3. The molecule has 0 aliphatic carbocycles. The molecule has 0 saturated heterocycles. The SMILES string of the molecule is Cc1[c-]c(-c2nccc3c2ccc2cc(F)ccc23)cc(C)c1.Oc1ccccc1-c1nccn1-c1ccccc1.[Ir]. The van der Waals surface area contributed by atoms with Gasteiger partial charge in [0.25, 0.3) is 0 Å². The molecule has 2 aromatic heterocycles. The molecule has 42 heavy (non-hydrogen) atoms. The number of aromatic nitrogens is 3. The third-order valence-electron chi connectivity index (χ3n) is 6.95. The summed E-state index contributed by atoms with van der Waals surface area (Å²) in [5, 5.41) is 14.0. The average Bonchev–Trinajstić information content (AvgIpc) is 3.47. The van der Waals surface area contributed by atoms with E-state index in [9.17, 15) is 9.50 Å². The van der Waals surface area contributed by atoms with Crippen molar-refractivity contribution in [2.24, 2.45) is 0 Å². The molecule has 2 heterocycles. The molecule has 209 valence electrons. The van der Waals surface area contributed by atoms with Crippen LogP contribution in [-0.2, 0) is 20.1 Å². The van der Waals surface area contributed by atoms with Crippen LogP contribution in [0.15, 0.2) is 122 Å². The van der Waals surface area contributed by atoms with Crippen LogP contribution in [0.5, 0.6) is 5.75 Å². The van der Waals surface area contributed by atoms with E-state index in [2.05, 4.69) is 35.1 Å². The molecule has 7 aromatic rings. The summed E-state index contributed by atoms with van der Waals surface area (Å²) < 4.78 is 15.4. The fourth-order valence-electron chi connectivity index (χ4n) is 5.17. The number of fused-ring (bicyclic) bond motifs is 3. The van der Waals surface area contributed by atoms with Gasteiger partial charge in [0.2, 0.25) is 0 Å². The second-order valence-corrected chi connectivity index (χ2v) is 9.91. The Bertz CT molecular complexity index is 1980. The monoisotopic (exact) mass is 729 g/mol. The number of imidazole rings is 1. The first-order chi connectivity index (χ1) is 20.0. The Labute approximate surface area is 257 Å². The predicted octanol–water partition coefficient (Wildman–Crippen LogP) is 8.85. The maximum absolute atomic E-state index is 13.5. The Hall–Kier alpha value is -4.64. The van der Waals surface area contributed by atoms with Crippen LogP contribution in [0.2, 0.25) is 0 Å². The van der Waals surface area contributed by atoms with Crippen LogP contribution in [0.3, 0.4) is 0 Å². The molecule has 0 amide bonds. The topological polar surface area (TPSA) is 50.9 Å². The molecule has 6 heteroatoms. The minimum absolute atomic E-state index is 0. The molecular weight excluding hydrogens is 702 g/mol. The molecule has 5 aromatic carbocycles. The third kappa shape index (κ3) is 5.87. The molecule has 4 nitrogen and oxygen atoms in total. The van der Waals surface area contributed by atoms with Gasteiger partial charge < -0.3 is 10.1 Å². The Balaban J connectivity index is 0.000000169. The van der Waals surface area contributed by atoms with Crippen LogP contribution in [0.25, 0.3) is 49.9 Å². The molecule has 0 aliphatic heterocycles. The average molecular weight is 729 g/mol. The van der Waals surface area contributed by atoms with Gasteiger partial charge in [0, 0.05) is 44.4 Å². The maximum Gasteiger partial charge on any atom is 0.148 e. The second-order valence-electron chi connectivity index (χ2n) is 9.91. The molecule has 0 fully saturated rings. The molecule has 7 rings (SSSR count). The predicted molar refractivity (Wildman–Crippen MR) is 164 cm³/mol. The van der Waals surface area contributed by atoms with Gasteiger partial charge in [0.05, 0.1) is 5.56 Å². The van der Waals surface area contributed by atoms with Crippen molar-refractivity contribution in [1.29, 1.82) is 0 Å². The van der Waals surface area contributed by atoms with Gasteiger partial charge in [-0.15, -0.1) is 34.9 Å².